The molecule has 0 fully saturated rings. The number of amides is 1. The van der Waals surface area contributed by atoms with Gasteiger partial charge in [0.2, 0.25) is 5.91 Å². The van der Waals surface area contributed by atoms with Crippen molar-refractivity contribution >= 4 is 39.0 Å². The molecule has 1 N–H and O–H groups in total. The first kappa shape index (κ1) is 18.7. The molecule has 0 saturated carbocycles. The lowest BCUT2D eigenvalue weighted by molar-refractivity contribution is -0.114. The van der Waals surface area contributed by atoms with Gasteiger partial charge in [-0.05, 0) is 16.8 Å². The van der Waals surface area contributed by atoms with Gasteiger partial charge in [-0.3, -0.25) is 4.79 Å². The number of carbonyl (C=O) groups is 2. The van der Waals surface area contributed by atoms with E-state index in [1.54, 1.807) is 11.3 Å². The van der Waals surface area contributed by atoms with Crippen molar-refractivity contribution in [2.24, 2.45) is 0 Å². The molecule has 27 heavy (non-hydrogen) atoms. The van der Waals surface area contributed by atoms with Gasteiger partial charge in [0.15, 0.2) is 11.5 Å². The zero-order valence-electron chi connectivity index (χ0n) is 15.2. The second-order valence-corrected chi connectivity index (χ2v) is 6.68. The average molecular weight is 385 g/mol. The Balaban J connectivity index is 1.87. The number of nitrogens with one attached hydrogen (secondary N) is 1. The number of fused-ring (bicyclic) bond motifs is 1. The Hall–Kier alpha value is -3.06. The van der Waals surface area contributed by atoms with Crippen molar-refractivity contribution in [1.29, 1.82) is 0 Å². The number of methoxy groups -OCH3 is 2. The monoisotopic (exact) mass is 385 g/mol. The molecule has 3 aromatic rings. The third-order valence-electron chi connectivity index (χ3n) is 3.97. The molecule has 0 aliphatic carbocycles. The normalized spacial score (nSPS) is 10.5. The predicted octanol–water partition coefficient (Wildman–Crippen LogP) is 4.23. The summed E-state index contributed by atoms with van der Waals surface area (Å²) in [5.74, 6) is -0.0868. The van der Waals surface area contributed by atoms with Gasteiger partial charge >= 0.3 is 5.97 Å². The summed E-state index contributed by atoms with van der Waals surface area (Å²) in [7, 11) is 2.96. The van der Waals surface area contributed by atoms with Crippen molar-refractivity contribution in [3.8, 4) is 11.5 Å². The molecule has 0 aliphatic heterocycles. The van der Waals surface area contributed by atoms with Crippen LogP contribution in [-0.4, -0.2) is 26.1 Å². The van der Waals surface area contributed by atoms with Crippen molar-refractivity contribution in [3.63, 3.8) is 0 Å². The van der Waals surface area contributed by atoms with Gasteiger partial charge in [-0.15, -0.1) is 11.3 Å². The van der Waals surface area contributed by atoms with Crippen molar-refractivity contribution in [1.82, 2.24) is 0 Å². The van der Waals surface area contributed by atoms with Gasteiger partial charge in [-0.1, -0.05) is 18.2 Å². The van der Waals surface area contributed by atoms with Gasteiger partial charge in [-0.25, -0.2) is 4.79 Å². The number of carbonyl (C=O) groups excluding carboxylic acids is 2. The number of anilines is 1. The lowest BCUT2D eigenvalue weighted by Gasteiger charge is -2.14. The summed E-state index contributed by atoms with van der Waals surface area (Å²) in [6, 6.07) is 11.0. The second kappa shape index (κ2) is 8.09. The van der Waals surface area contributed by atoms with E-state index >= 15 is 0 Å². The van der Waals surface area contributed by atoms with E-state index < -0.39 is 5.97 Å². The molecule has 0 unspecified atom stereocenters. The molecule has 0 saturated heterocycles. The first-order valence-corrected chi connectivity index (χ1v) is 9.07. The Morgan fingerprint density at radius 2 is 1.78 bits per heavy atom. The Morgan fingerprint density at radius 3 is 2.48 bits per heavy atom. The summed E-state index contributed by atoms with van der Waals surface area (Å²) in [6.07, 6.45) is 0. The van der Waals surface area contributed by atoms with Crippen LogP contribution < -0.4 is 14.8 Å². The van der Waals surface area contributed by atoms with E-state index in [0.717, 1.165) is 15.6 Å². The summed E-state index contributed by atoms with van der Waals surface area (Å²) in [5, 5.41) is 5.66. The molecule has 0 bridgehead atoms. The van der Waals surface area contributed by atoms with Crippen LogP contribution in [0.25, 0.3) is 10.1 Å². The fraction of sp³-hybridized carbons (Fsp3) is 0.200. The first-order valence-electron chi connectivity index (χ1n) is 8.19. The summed E-state index contributed by atoms with van der Waals surface area (Å²) in [5.41, 5.74) is 1.44. The zero-order valence-corrected chi connectivity index (χ0v) is 16.0. The molecule has 1 amide bonds. The average Bonchev–Trinajstić information content (AvgIpc) is 3.08. The minimum atomic E-state index is -0.560. The standard InChI is InChI=1S/C20H19NO5S/c1-12(22)21-16-9-18(25-3)17(24-2)8-15(16)20(23)26-10-13-11-27-19-7-5-4-6-14(13)19/h4-9,11H,10H2,1-3H3,(H,21,22). The van der Waals surface area contributed by atoms with Crippen molar-refractivity contribution in [2.75, 3.05) is 19.5 Å². The van der Waals surface area contributed by atoms with E-state index in [0.29, 0.717) is 17.2 Å². The van der Waals surface area contributed by atoms with E-state index in [9.17, 15) is 9.59 Å². The Labute approximate surface area is 160 Å². The number of benzene rings is 2. The highest BCUT2D eigenvalue weighted by Crippen LogP contribution is 2.34. The highest BCUT2D eigenvalue weighted by Gasteiger charge is 2.19. The van der Waals surface area contributed by atoms with Gasteiger partial charge in [-0.2, -0.15) is 0 Å². The molecule has 0 radical (unpaired) electrons. The SMILES string of the molecule is COc1cc(NC(C)=O)c(C(=O)OCc2csc3ccccc23)cc1OC. The fourth-order valence-corrected chi connectivity index (χ4v) is 3.65. The van der Waals surface area contributed by atoms with Gasteiger partial charge in [0, 0.05) is 29.3 Å². The van der Waals surface area contributed by atoms with E-state index in [2.05, 4.69) is 5.32 Å². The lowest BCUT2D eigenvalue weighted by Crippen LogP contribution is -2.13. The van der Waals surface area contributed by atoms with Crippen molar-refractivity contribution < 1.29 is 23.8 Å². The summed E-state index contributed by atoms with van der Waals surface area (Å²) < 4.78 is 17.1. The lowest BCUT2D eigenvalue weighted by atomic mass is 10.1. The molecular weight excluding hydrogens is 366 g/mol. The van der Waals surface area contributed by atoms with Gasteiger partial charge in [0.05, 0.1) is 25.5 Å². The summed E-state index contributed by atoms with van der Waals surface area (Å²) in [6.45, 7) is 1.50. The molecule has 6 nitrogen and oxygen atoms in total. The largest absolute Gasteiger partial charge is 0.493 e. The van der Waals surface area contributed by atoms with Crippen molar-refractivity contribution in [2.45, 2.75) is 13.5 Å². The molecule has 0 spiro atoms. The Morgan fingerprint density at radius 1 is 1.07 bits per heavy atom. The molecule has 0 atom stereocenters. The number of rotatable bonds is 6. The van der Waals surface area contributed by atoms with E-state index in [4.69, 9.17) is 14.2 Å². The maximum Gasteiger partial charge on any atom is 0.340 e. The van der Waals surface area contributed by atoms with Crippen molar-refractivity contribution in [3.05, 3.63) is 52.9 Å². The number of hydrogen-bond donors (Lipinski definition) is 1. The van der Waals surface area contributed by atoms with Crippen LogP contribution >= 0.6 is 11.3 Å². The van der Waals surface area contributed by atoms with E-state index in [1.807, 2.05) is 29.6 Å². The maximum atomic E-state index is 12.7. The van der Waals surface area contributed by atoms with E-state index in [-0.39, 0.29) is 18.1 Å². The summed E-state index contributed by atoms with van der Waals surface area (Å²) in [4.78, 5) is 24.2. The number of esters is 1. The highest BCUT2D eigenvalue weighted by molar-refractivity contribution is 7.17. The highest BCUT2D eigenvalue weighted by atomic mass is 32.1. The first-order chi connectivity index (χ1) is 13.0. The molecule has 3 rings (SSSR count). The molecule has 1 heterocycles. The van der Waals surface area contributed by atoms with E-state index in [1.165, 1.54) is 33.3 Å². The Kier molecular flexibility index (Phi) is 5.61. The predicted molar refractivity (Wildman–Crippen MR) is 105 cm³/mol. The number of ether oxygens (including phenoxy) is 3. The van der Waals surface area contributed by atoms with Gasteiger partial charge < -0.3 is 19.5 Å². The smallest absolute Gasteiger partial charge is 0.340 e. The van der Waals surface area contributed by atoms with Crippen LogP contribution in [0, 0.1) is 0 Å². The molecule has 140 valence electrons. The molecule has 1 aromatic heterocycles. The topological polar surface area (TPSA) is 73.9 Å². The molecule has 0 aliphatic rings. The molecular formula is C20H19NO5S. The quantitative estimate of drug-likeness (QED) is 0.643. The van der Waals surface area contributed by atoms with Crippen LogP contribution in [0.4, 0.5) is 5.69 Å². The van der Waals surface area contributed by atoms with Gasteiger partial charge in [0.25, 0.3) is 0 Å². The number of thiophene rings is 1. The van der Waals surface area contributed by atoms with Crippen LogP contribution in [-0.2, 0) is 16.1 Å². The second-order valence-electron chi connectivity index (χ2n) is 5.77. The number of hydrogen-bond acceptors (Lipinski definition) is 6. The zero-order chi connectivity index (χ0) is 19.4. The third-order valence-corrected chi connectivity index (χ3v) is 4.99. The maximum absolute atomic E-state index is 12.7. The minimum absolute atomic E-state index is 0.136. The minimum Gasteiger partial charge on any atom is -0.493 e. The van der Waals surface area contributed by atoms with Crippen LogP contribution in [0.1, 0.15) is 22.8 Å². The van der Waals surface area contributed by atoms with Crippen LogP contribution in [0.5, 0.6) is 11.5 Å². The van der Waals surface area contributed by atoms with Crippen LogP contribution in [0.15, 0.2) is 41.8 Å². The molecule has 2 aromatic carbocycles. The summed E-state index contributed by atoms with van der Waals surface area (Å²) >= 11 is 1.60. The van der Waals surface area contributed by atoms with Crippen LogP contribution in [0.2, 0.25) is 0 Å². The third kappa shape index (κ3) is 4.03. The van der Waals surface area contributed by atoms with Crippen LogP contribution in [0.3, 0.4) is 0 Å². The fourth-order valence-electron chi connectivity index (χ4n) is 2.71. The van der Waals surface area contributed by atoms with Gasteiger partial charge in [0.1, 0.15) is 6.61 Å². The Bertz CT molecular complexity index is 995. The molecule has 7 heteroatoms.